The Morgan fingerprint density at radius 3 is 2.33 bits per heavy atom. The van der Waals surface area contributed by atoms with E-state index < -0.39 is 11.9 Å². The van der Waals surface area contributed by atoms with Crippen LogP contribution in [0.25, 0.3) is 0 Å². The normalized spacial score (nSPS) is 10.2. The first-order valence-corrected chi connectivity index (χ1v) is 7.22. The molecule has 1 heterocycles. The van der Waals surface area contributed by atoms with Gasteiger partial charge in [0.1, 0.15) is 5.75 Å². The smallest absolute Gasteiger partial charge is 0.335 e. The molecule has 2 aromatic rings. The maximum Gasteiger partial charge on any atom is 0.335 e. The van der Waals surface area contributed by atoms with Gasteiger partial charge in [0.05, 0.1) is 33.3 Å². The van der Waals surface area contributed by atoms with Crippen LogP contribution in [0.3, 0.4) is 0 Å². The van der Waals surface area contributed by atoms with Crippen LogP contribution in [0.4, 0.5) is 5.69 Å². The van der Waals surface area contributed by atoms with Crippen molar-refractivity contribution in [2.75, 3.05) is 12.4 Å². The molecule has 0 bridgehead atoms. The topological polar surface area (TPSA) is 75.6 Å². The second-order valence-electron chi connectivity index (χ2n) is 3.92. The number of amides is 1. The lowest BCUT2D eigenvalue weighted by molar-refractivity contribution is 0.0696. The minimum absolute atomic E-state index is 0.0526. The Morgan fingerprint density at radius 1 is 1.24 bits per heavy atom. The number of carbonyl (C=O) groups is 2. The largest absolute Gasteiger partial charge is 0.496 e. The number of ether oxygens (including phenoxy) is 1. The van der Waals surface area contributed by atoms with E-state index in [0.717, 1.165) is 0 Å². The third-order valence-corrected chi connectivity index (χ3v) is 4.07. The summed E-state index contributed by atoms with van der Waals surface area (Å²) in [6.45, 7) is 0. The van der Waals surface area contributed by atoms with Gasteiger partial charge in [0.2, 0.25) is 0 Å². The number of halogens is 2. The number of rotatable bonds is 4. The molecule has 0 radical (unpaired) electrons. The number of anilines is 1. The maximum atomic E-state index is 12.1. The van der Waals surface area contributed by atoms with Crippen molar-refractivity contribution >= 4 is 52.1 Å². The van der Waals surface area contributed by atoms with Gasteiger partial charge in [-0.1, -0.05) is 23.2 Å². The van der Waals surface area contributed by atoms with E-state index in [0.29, 0.717) is 10.6 Å². The molecule has 2 rings (SSSR count). The molecule has 0 fully saturated rings. The molecule has 0 saturated carbocycles. The van der Waals surface area contributed by atoms with Gasteiger partial charge in [0.25, 0.3) is 5.91 Å². The zero-order valence-corrected chi connectivity index (χ0v) is 13.0. The number of aromatic carboxylic acids is 1. The van der Waals surface area contributed by atoms with Gasteiger partial charge in [0.15, 0.2) is 0 Å². The van der Waals surface area contributed by atoms with E-state index in [2.05, 4.69) is 5.32 Å². The van der Waals surface area contributed by atoms with Crippen molar-refractivity contribution in [3.8, 4) is 5.75 Å². The summed E-state index contributed by atoms with van der Waals surface area (Å²) in [5, 5.41) is 13.2. The molecule has 8 heteroatoms. The van der Waals surface area contributed by atoms with Crippen LogP contribution in [0.2, 0.25) is 10.0 Å². The average Bonchev–Trinajstić information content (AvgIpc) is 2.91. The standard InChI is InChI=1S/C13H9Cl2NO4S/c1-20-7-4-10(21-5-7)12(17)16-11-8(14)2-6(13(18)19)3-9(11)15/h2-5H,1H3,(H,16,17)(H,18,19). The highest BCUT2D eigenvalue weighted by Crippen LogP contribution is 2.33. The number of carboxylic acid groups (broad SMARTS) is 1. The Morgan fingerprint density at radius 2 is 1.86 bits per heavy atom. The van der Waals surface area contributed by atoms with Crippen LogP contribution in [0.5, 0.6) is 5.75 Å². The first-order chi connectivity index (χ1) is 9.92. The molecule has 110 valence electrons. The third kappa shape index (κ3) is 3.47. The number of hydrogen-bond donors (Lipinski definition) is 2. The van der Waals surface area contributed by atoms with Crippen molar-refractivity contribution in [2.24, 2.45) is 0 Å². The molecular formula is C13H9Cl2NO4S. The second kappa shape index (κ2) is 6.34. The Balaban J connectivity index is 2.27. The number of thiophene rings is 1. The first kappa shape index (κ1) is 15.6. The van der Waals surface area contributed by atoms with E-state index in [-0.39, 0.29) is 21.3 Å². The highest BCUT2D eigenvalue weighted by molar-refractivity contribution is 7.12. The Kier molecular flexibility index (Phi) is 4.72. The quantitative estimate of drug-likeness (QED) is 0.877. The number of carboxylic acids is 1. The highest BCUT2D eigenvalue weighted by atomic mass is 35.5. The van der Waals surface area contributed by atoms with E-state index in [9.17, 15) is 9.59 Å². The van der Waals surface area contributed by atoms with Crippen LogP contribution in [-0.4, -0.2) is 24.1 Å². The zero-order chi connectivity index (χ0) is 15.6. The lowest BCUT2D eigenvalue weighted by Gasteiger charge is -2.09. The van der Waals surface area contributed by atoms with Gasteiger partial charge >= 0.3 is 5.97 Å². The number of methoxy groups -OCH3 is 1. The predicted octanol–water partition coefficient (Wildman–Crippen LogP) is 4.01. The number of nitrogens with one attached hydrogen (secondary N) is 1. The van der Waals surface area contributed by atoms with Gasteiger partial charge in [-0.25, -0.2) is 4.79 Å². The van der Waals surface area contributed by atoms with Crippen molar-refractivity contribution in [1.82, 2.24) is 0 Å². The van der Waals surface area contributed by atoms with Crippen molar-refractivity contribution in [2.45, 2.75) is 0 Å². The number of benzene rings is 1. The molecule has 0 spiro atoms. The van der Waals surface area contributed by atoms with Gasteiger partial charge in [-0.3, -0.25) is 4.79 Å². The Bertz CT molecular complexity index is 691. The summed E-state index contributed by atoms with van der Waals surface area (Å²) in [4.78, 5) is 23.4. The molecule has 0 saturated heterocycles. The lowest BCUT2D eigenvalue weighted by atomic mass is 10.2. The van der Waals surface area contributed by atoms with Crippen LogP contribution in [0.1, 0.15) is 20.0 Å². The zero-order valence-electron chi connectivity index (χ0n) is 10.6. The molecule has 0 unspecified atom stereocenters. The molecule has 1 amide bonds. The van der Waals surface area contributed by atoms with Crippen molar-refractivity contribution in [1.29, 1.82) is 0 Å². The van der Waals surface area contributed by atoms with E-state index in [1.54, 1.807) is 11.4 Å². The maximum absolute atomic E-state index is 12.1. The predicted molar refractivity (Wildman–Crippen MR) is 82.2 cm³/mol. The Labute approximate surface area is 134 Å². The third-order valence-electron chi connectivity index (χ3n) is 2.56. The fourth-order valence-corrected chi connectivity index (χ4v) is 2.87. The van der Waals surface area contributed by atoms with E-state index in [1.165, 1.54) is 30.6 Å². The van der Waals surface area contributed by atoms with Crippen LogP contribution in [-0.2, 0) is 0 Å². The summed E-state index contributed by atoms with van der Waals surface area (Å²) < 4.78 is 5.00. The molecule has 1 aromatic carbocycles. The molecule has 1 aromatic heterocycles. The van der Waals surface area contributed by atoms with Crippen molar-refractivity contribution < 1.29 is 19.4 Å². The summed E-state index contributed by atoms with van der Waals surface area (Å²) >= 11 is 13.1. The molecule has 0 aliphatic heterocycles. The van der Waals surface area contributed by atoms with Crippen LogP contribution in [0, 0.1) is 0 Å². The Hall–Kier alpha value is -1.76. The van der Waals surface area contributed by atoms with Gasteiger partial charge in [-0.05, 0) is 12.1 Å². The molecule has 2 N–H and O–H groups in total. The van der Waals surface area contributed by atoms with Gasteiger partial charge < -0.3 is 15.2 Å². The lowest BCUT2D eigenvalue weighted by Crippen LogP contribution is -2.11. The van der Waals surface area contributed by atoms with Crippen LogP contribution < -0.4 is 10.1 Å². The summed E-state index contributed by atoms with van der Waals surface area (Å²) in [6, 6.07) is 4.02. The summed E-state index contributed by atoms with van der Waals surface area (Å²) in [7, 11) is 1.50. The minimum Gasteiger partial charge on any atom is -0.496 e. The summed E-state index contributed by atoms with van der Waals surface area (Å²) in [6.07, 6.45) is 0. The minimum atomic E-state index is -1.15. The summed E-state index contributed by atoms with van der Waals surface area (Å²) in [5.41, 5.74) is 0.112. The van der Waals surface area contributed by atoms with Crippen molar-refractivity contribution in [3.05, 3.63) is 44.1 Å². The highest BCUT2D eigenvalue weighted by Gasteiger charge is 2.16. The SMILES string of the molecule is COc1csc(C(=O)Nc2c(Cl)cc(C(=O)O)cc2Cl)c1. The number of carbonyl (C=O) groups excluding carboxylic acids is 1. The number of hydrogen-bond acceptors (Lipinski definition) is 4. The molecule has 0 aliphatic carbocycles. The monoisotopic (exact) mass is 345 g/mol. The van der Waals surface area contributed by atoms with Gasteiger partial charge in [0, 0.05) is 11.4 Å². The fourth-order valence-electron chi connectivity index (χ4n) is 1.54. The summed E-state index contributed by atoms with van der Waals surface area (Å²) in [5.74, 6) is -0.988. The molecule has 5 nitrogen and oxygen atoms in total. The van der Waals surface area contributed by atoms with Crippen LogP contribution in [0.15, 0.2) is 23.6 Å². The molecule has 21 heavy (non-hydrogen) atoms. The van der Waals surface area contributed by atoms with E-state index in [1.807, 2.05) is 0 Å². The van der Waals surface area contributed by atoms with Gasteiger partial charge in [-0.2, -0.15) is 0 Å². The average molecular weight is 346 g/mol. The van der Waals surface area contributed by atoms with Crippen LogP contribution >= 0.6 is 34.5 Å². The molecule has 0 atom stereocenters. The first-order valence-electron chi connectivity index (χ1n) is 5.58. The van der Waals surface area contributed by atoms with E-state index >= 15 is 0 Å². The van der Waals surface area contributed by atoms with E-state index in [4.69, 9.17) is 33.0 Å². The van der Waals surface area contributed by atoms with Crippen molar-refractivity contribution in [3.63, 3.8) is 0 Å². The van der Waals surface area contributed by atoms with Gasteiger partial charge in [-0.15, -0.1) is 11.3 Å². The fraction of sp³-hybridized carbons (Fsp3) is 0.0769. The molecular weight excluding hydrogens is 337 g/mol. The second-order valence-corrected chi connectivity index (χ2v) is 5.65. The molecule has 0 aliphatic rings.